The number of hydrogen-bond donors (Lipinski definition) is 0. The fourth-order valence-electron chi connectivity index (χ4n) is 8.79. The molecule has 0 bridgehead atoms. The second-order valence-corrected chi connectivity index (χ2v) is 19.5. The summed E-state index contributed by atoms with van der Waals surface area (Å²) in [6.45, 7) is 28.1. The van der Waals surface area contributed by atoms with Crippen LogP contribution in [0.15, 0.2) is 84.9 Å². The van der Waals surface area contributed by atoms with Crippen LogP contribution in [0.4, 0.5) is 0 Å². The van der Waals surface area contributed by atoms with E-state index in [2.05, 4.69) is 168 Å². The first-order chi connectivity index (χ1) is 23.3. The van der Waals surface area contributed by atoms with Gasteiger partial charge in [0.05, 0.1) is 0 Å². The maximum atomic E-state index is 2.54. The monoisotopic (exact) mass is 650 g/mol. The Morgan fingerprint density at radius 1 is 0.220 bits per heavy atom. The summed E-state index contributed by atoms with van der Waals surface area (Å²) in [5.41, 5.74) is 5.81. The van der Waals surface area contributed by atoms with Gasteiger partial charge in [-0.25, -0.2) is 0 Å². The third-order valence-corrected chi connectivity index (χ3v) is 11.9. The fourth-order valence-corrected chi connectivity index (χ4v) is 8.79. The van der Waals surface area contributed by atoms with Crippen LogP contribution in [0, 0.1) is 0 Å². The van der Waals surface area contributed by atoms with E-state index in [-0.39, 0.29) is 21.7 Å². The first kappa shape index (κ1) is 31.6. The summed E-state index contributed by atoms with van der Waals surface area (Å²) in [5, 5.41) is 22.0. The fraction of sp³-hybridized carbons (Fsp3) is 0.320. The van der Waals surface area contributed by atoms with Crippen LogP contribution in [0.5, 0.6) is 0 Å². The second kappa shape index (κ2) is 9.67. The summed E-state index contributed by atoms with van der Waals surface area (Å²) in [5.74, 6) is 0. The number of fused-ring (bicyclic) bond motifs is 11. The van der Waals surface area contributed by atoms with Crippen molar-refractivity contribution >= 4 is 86.2 Å². The smallest absolute Gasteiger partial charge is 0.00197 e. The van der Waals surface area contributed by atoms with E-state index < -0.39 is 0 Å². The Bertz CT molecular complexity index is 2670. The Hall–Kier alpha value is -4.42. The van der Waals surface area contributed by atoms with E-state index in [9.17, 15) is 0 Å². The molecule has 0 saturated heterocycles. The van der Waals surface area contributed by atoms with E-state index >= 15 is 0 Å². The third-order valence-electron chi connectivity index (χ3n) is 11.9. The van der Waals surface area contributed by atoms with Crippen LogP contribution < -0.4 is 0 Å². The molecule has 9 aromatic rings. The summed E-state index contributed by atoms with van der Waals surface area (Å²) >= 11 is 0. The summed E-state index contributed by atoms with van der Waals surface area (Å²) in [6.07, 6.45) is 0. The average molecular weight is 651 g/mol. The largest absolute Gasteiger partial charge is 0.0578 e. The number of hydrogen-bond acceptors (Lipinski definition) is 0. The predicted molar refractivity (Wildman–Crippen MR) is 224 cm³/mol. The minimum atomic E-state index is 0.0335. The molecule has 0 aliphatic heterocycles. The van der Waals surface area contributed by atoms with Gasteiger partial charge in [-0.1, -0.05) is 119 Å². The number of rotatable bonds is 0. The van der Waals surface area contributed by atoms with Crippen molar-refractivity contribution in [3.05, 3.63) is 107 Å². The van der Waals surface area contributed by atoms with Crippen molar-refractivity contribution < 1.29 is 0 Å². The second-order valence-electron chi connectivity index (χ2n) is 19.5. The van der Waals surface area contributed by atoms with Crippen LogP contribution >= 0.6 is 0 Å². The average Bonchev–Trinajstić information content (AvgIpc) is 3.52. The molecule has 0 aromatic heterocycles. The van der Waals surface area contributed by atoms with E-state index in [0.29, 0.717) is 0 Å². The Morgan fingerprint density at radius 3 is 0.740 bits per heavy atom. The molecule has 0 amide bonds. The van der Waals surface area contributed by atoms with Crippen molar-refractivity contribution in [2.24, 2.45) is 0 Å². The van der Waals surface area contributed by atoms with E-state index in [4.69, 9.17) is 0 Å². The third kappa shape index (κ3) is 4.36. The topological polar surface area (TPSA) is 0 Å². The van der Waals surface area contributed by atoms with Gasteiger partial charge in [-0.2, -0.15) is 0 Å². The van der Waals surface area contributed by atoms with Crippen molar-refractivity contribution in [2.45, 2.75) is 105 Å². The van der Waals surface area contributed by atoms with Gasteiger partial charge >= 0.3 is 0 Å². The molecule has 0 aliphatic rings. The first-order valence-corrected chi connectivity index (χ1v) is 18.6. The molecule has 0 atom stereocenters. The van der Waals surface area contributed by atoms with Gasteiger partial charge in [-0.15, -0.1) is 0 Å². The lowest BCUT2D eigenvalue weighted by atomic mass is 9.82. The Morgan fingerprint density at radius 2 is 0.440 bits per heavy atom. The molecule has 50 heavy (non-hydrogen) atoms. The van der Waals surface area contributed by atoms with Gasteiger partial charge in [0.15, 0.2) is 0 Å². The lowest BCUT2D eigenvalue weighted by Crippen LogP contribution is -2.11. The highest BCUT2D eigenvalue weighted by molar-refractivity contribution is 6.40. The molecular weight excluding hydrogens is 601 g/mol. The lowest BCUT2D eigenvalue weighted by molar-refractivity contribution is 0.590. The Balaban J connectivity index is 1.50. The Labute approximate surface area is 297 Å². The minimum Gasteiger partial charge on any atom is -0.0578 e. The Kier molecular flexibility index (Phi) is 6.10. The molecule has 0 heteroatoms. The zero-order chi connectivity index (χ0) is 35.4. The van der Waals surface area contributed by atoms with Crippen molar-refractivity contribution in [1.29, 1.82) is 0 Å². The van der Waals surface area contributed by atoms with Crippen LogP contribution in [0.25, 0.3) is 86.2 Å². The zero-order valence-electron chi connectivity index (χ0n) is 32.1. The maximum absolute atomic E-state index is 2.54. The number of benzene rings is 7. The van der Waals surface area contributed by atoms with Crippen molar-refractivity contribution in [1.82, 2.24) is 0 Å². The zero-order valence-corrected chi connectivity index (χ0v) is 32.1. The molecule has 0 unspecified atom stereocenters. The SMILES string of the molecule is CC(C)(C)c1ccc2c(c1)c1cc(C(C)(C)C)cc3c4ccc5c(cc6c7ccc(C(C)(C)C)cc7c7cc(C(C)(C)C)cc5c76)c4cc2c31. The standard InChI is InChI=1S/C50H50/c1-47(2,3)27-13-15-31-35(19-27)41-23-29(49(7,8)9)21-39-33-17-18-34-38(37(33)25-43(31)45(39)41)26-44-32-16-14-28(48(4,5)6)20-36(32)42-24-30(50(10,11)12)22-40(34)46(42)44/h13-26H,1-12H3. The maximum Gasteiger partial charge on any atom is -0.00197 e. The molecule has 0 saturated carbocycles. The van der Waals surface area contributed by atoms with Gasteiger partial charge in [-0.3, -0.25) is 0 Å². The normalized spacial score (nSPS) is 14.0. The highest BCUT2D eigenvalue weighted by atomic mass is 14.3. The summed E-state index contributed by atoms with van der Waals surface area (Å²) in [4.78, 5) is 0. The molecule has 0 fully saturated rings. The molecule has 9 aromatic carbocycles. The van der Waals surface area contributed by atoms with Crippen LogP contribution in [0.2, 0.25) is 0 Å². The van der Waals surface area contributed by atoms with Crippen molar-refractivity contribution in [3.63, 3.8) is 0 Å². The molecule has 9 rings (SSSR count). The lowest BCUT2D eigenvalue weighted by Gasteiger charge is -2.22. The molecule has 0 nitrogen and oxygen atoms in total. The van der Waals surface area contributed by atoms with Crippen LogP contribution in [-0.4, -0.2) is 0 Å². The predicted octanol–water partition coefficient (Wildman–Crippen LogP) is 15.0. The first-order valence-electron chi connectivity index (χ1n) is 18.6. The molecule has 0 spiro atoms. The van der Waals surface area contributed by atoms with Gasteiger partial charge < -0.3 is 0 Å². The molecular formula is C50H50. The van der Waals surface area contributed by atoms with Gasteiger partial charge in [0, 0.05) is 0 Å². The highest BCUT2D eigenvalue weighted by Crippen LogP contribution is 2.49. The van der Waals surface area contributed by atoms with Crippen molar-refractivity contribution in [3.8, 4) is 0 Å². The molecule has 250 valence electrons. The molecule has 0 heterocycles. The highest BCUT2D eigenvalue weighted by Gasteiger charge is 2.25. The summed E-state index contributed by atoms with van der Waals surface area (Å²) in [7, 11) is 0. The van der Waals surface area contributed by atoms with Gasteiger partial charge in [-0.05, 0) is 179 Å². The molecule has 0 radical (unpaired) electrons. The van der Waals surface area contributed by atoms with Crippen LogP contribution in [0.1, 0.15) is 105 Å². The molecule has 0 N–H and O–H groups in total. The summed E-state index contributed by atoms with van der Waals surface area (Å²) < 4.78 is 0. The molecule has 0 aliphatic carbocycles. The van der Waals surface area contributed by atoms with Gasteiger partial charge in [0.2, 0.25) is 0 Å². The van der Waals surface area contributed by atoms with E-state index in [1.165, 1.54) is 108 Å². The van der Waals surface area contributed by atoms with Crippen molar-refractivity contribution in [2.75, 3.05) is 0 Å². The van der Waals surface area contributed by atoms with E-state index in [1.807, 2.05) is 0 Å². The van der Waals surface area contributed by atoms with E-state index in [1.54, 1.807) is 0 Å². The van der Waals surface area contributed by atoms with Crippen LogP contribution in [-0.2, 0) is 21.7 Å². The van der Waals surface area contributed by atoms with E-state index in [0.717, 1.165) is 0 Å². The summed E-state index contributed by atoms with van der Waals surface area (Å²) in [6, 6.07) is 34.4. The van der Waals surface area contributed by atoms with Gasteiger partial charge in [0.1, 0.15) is 0 Å². The quantitative estimate of drug-likeness (QED) is 0.143. The van der Waals surface area contributed by atoms with Crippen LogP contribution in [0.3, 0.4) is 0 Å². The minimum absolute atomic E-state index is 0.0335. The van der Waals surface area contributed by atoms with Gasteiger partial charge in [0.25, 0.3) is 0 Å².